The monoisotopic (exact) mass is 320 g/mol. The molecule has 4 rings (SSSR count). The van der Waals surface area contributed by atoms with Gasteiger partial charge in [0.2, 0.25) is 0 Å². The quantitative estimate of drug-likeness (QED) is 0.803. The Bertz CT molecular complexity index is 683. The summed E-state index contributed by atoms with van der Waals surface area (Å²) in [6.45, 7) is 6.95. The normalized spacial score (nSPS) is 17.6. The van der Waals surface area contributed by atoms with E-state index in [1.54, 1.807) is 0 Å². The van der Waals surface area contributed by atoms with Crippen molar-refractivity contribution < 1.29 is 4.74 Å². The average Bonchev–Trinajstić information content (AvgIpc) is 2.62. The van der Waals surface area contributed by atoms with Crippen LogP contribution in [0.15, 0.2) is 60.1 Å². The number of aryl methyl sites for hydroxylation is 2. The van der Waals surface area contributed by atoms with Crippen molar-refractivity contribution in [2.75, 3.05) is 29.5 Å². The van der Waals surface area contributed by atoms with Crippen LogP contribution >= 0.6 is 0 Å². The van der Waals surface area contributed by atoms with Crippen LogP contribution in [0, 0.1) is 13.8 Å². The lowest BCUT2D eigenvalue weighted by atomic mass is 10.1. The number of rotatable bonds is 2. The van der Waals surface area contributed by atoms with Crippen molar-refractivity contribution >= 4 is 11.4 Å². The molecule has 3 nitrogen and oxygen atoms in total. The van der Waals surface area contributed by atoms with E-state index in [2.05, 4.69) is 72.2 Å². The molecule has 0 atom stereocenters. The molecule has 0 aliphatic carbocycles. The van der Waals surface area contributed by atoms with Crippen LogP contribution in [0.1, 0.15) is 24.0 Å². The number of benzene rings is 2. The lowest BCUT2D eigenvalue weighted by Gasteiger charge is -2.42. The highest BCUT2D eigenvalue weighted by Crippen LogP contribution is 2.35. The van der Waals surface area contributed by atoms with Crippen LogP contribution in [0.2, 0.25) is 0 Å². The molecular weight excluding hydrogens is 296 g/mol. The molecule has 0 aromatic heterocycles. The number of nitrogens with zero attached hydrogens (tertiary/aromatic N) is 2. The second-order valence-electron chi connectivity index (χ2n) is 6.67. The van der Waals surface area contributed by atoms with E-state index in [1.807, 2.05) is 0 Å². The minimum Gasteiger partial charge on any atom is -0.492 e. The highest BCUT2D eigenvalue weighted by molar-refractivity contribution is 5.63. The lowest BCUT2D eigenvalue weighted by molar-refractivity contribution is 0.183. The van der Waals surface area contributed by atoms with E-state index >= 15 is 0 Å². The van der Waals surface area contributed by atoms with Crippen molar-refractivity contribution in [1.82, 2.24) is 0 Å². The summed E-state index contributed by atoms with van der Waals surface area (Å²) in [6, 6.07) is 17.6. The average molecular weight is 320 g/mol. The molecule has 2 aromatic rings. The lowest BCUT2D eigenvalue weighted by Crippen LogP contribution is -2.44. The molecule has 0 fully saturated rings. The fourth-order valence-electron chi connectivity index (χ4n) is 3.52. The third kappa shape index (κ3) is 2.75. The van der Waals surface area contributed by atoms with Crippen molar-refractivity contribution in [2.24, 2.45) is 0 Å². The molecule has 0 spiro atoms. The molecule has 0 amide bonds. The summed E-state index contributed by atoms with van der Waals surface area (Å²) in [5, 5.41) is 0. The first kappa shape index (κ1) is 15.1. The van der Waals surface area contributed by atoms with Crippen LogP contribution in [0.4, 0.5) is 11.4 Å². The summed E-state index contributed by atoms with van der Waals surface area (Å²) in [5.41, 5.74) is 5.08. The number of anilines is 2. The maximum Gasteiger partial charge on any atom is 0.152 e. The standard InChI is InChI=1S/C21H24N2O/c1-16-5-9-18(10-6-16)22-13-3-4-20-21(22)23(14-15-24-20)19-11-7-17(2)8-12-19/h5-12H,3-4,13-15H2,1-2H3. The molecule has 0 radical (unpaired) electrons. The predicted molar refractivity (Wildman–Crippen MR) is 99.3 cm³/mol. The second kappa shape index (κ2) is 6.23. The molecule has 2 aromatic carbocycles. The van der Waals surface area contributed by atoms with Gasteiger partial charge >= 0.3 is 0 Å². The largest absolute Gasteiger partial charge is 0.492 e. The van der Waals surface area contributed by atoms with E-state index in [0.29, 0.717) is 0 Å². The van der Waals surface area contributed by atoms with E-state index in [4.69, 9.17) is 4.74 Å². The number of allylic oxidation sites excluding steroid dienone is 1. The summed E-state index contributed by atoms with van der Waals surface area (Å²) < 4.78 is 6.03. The Hall–Kier alpha value is -2.42. The molecular formula is C21H24N2O. The maximum atomic E-state index is 6.03. The van der Waals surface area contributed by atoms with Gasteiger partial charge in [-0.1, -0.05) is 35.4 Å². The SMILES string of the molecule is Cc1ccc(N2CCCC3=C2N(c2ccc(C)cc2)CCO3)cc1. The van der Waals surface area contributed by atoms with Crippen LogP contribution < -0.4 is 9.80 Å². The van der Waals surface area contributed by atoms with Gasteiger partial charge in [0.25, 0.3) is 0 Å². The van der Waals surface area contributed by atoms with Crippen molar-refractivity contribution in [3.05, 3.63) is 71.2 Å². The molecule has 124 valence electrons. The Morgan fingerprint density at radius 3 is 1.88 bits per heavy atom. The number of ether oxygens (including phenoxy) is 1. The van der Waals surface area contributed by atoms with Gasteiger partial charge in [-0.3, -0.25) is 0 Å². The van der Waals surface area contributed by atoms with Gasteiger partial charge in [-0.15, -0.1) is 0 Å². The minimum atomic E-state index is 0.758. The first-order chi connectivity index (χ1) is 11.7. The third-order valence-corrected chi connectivity index (χ3v) is 4.83. The van der Waals surface area contributed by atoms with Crippen LogP contribution in [-0.4, -0.2) is 19.7 Å². The summed E-state index contributed by atoms with van der Waals surface area (Å²) in [4.78, 5) is 4.83. The van der Waals surface area contributed by atoms with Gasteiger partial charge in [-0.05, 0) is 44.5 Å². The van der Waals surface area contributed by atoms with E-state index in [-0.39, 0.29) is 0 Å². The molecule has 0 N–H and O–H groups in total. The molecule has 0 unspecified atom stereocenters. The summed E-state index contributed by atoms with van der Waals surface area (Å²) >= 11 is 0. The molecule has 3 heteroatoms. The highest BCUT2D eigenvalue weighted by Gasteiger charge is 2.31. The smallest absolute Gasteiger partial charge is 0.152 e. The van der Waals surface area contributed by atoms with Gasteiger partial charge in [0.05, 0.1) is 6.54 Å². The van der Waals surface area contributed by atoms with Gasteiger partial charge in [-0.25, -0.2) is 0 Å². The maximum absolute atomic E-state index is 6.03. The summed E-state index contributed by atoms with van der Waals surface area (Å²) in [7, 11) is 0. The molecule has 24 heavy (non-hydrogen) atoms. The Morgan fingerprint density at radius 2 is 1.29 bits per heavy atom. The number of hydrogen-bond donors (Lipinski definition) is 0. The molecule has 2 heterocycles. The first-order valence-electron chi connectivity index (χ1n) is 8.77. The zero-order chi connectivity index (χ0) is 16.5. The van der Waals surface area contributed by atoms with Crippen molar-refractivity contribution in [1.29, 1.82) is 0 Å². The molecule has 2 aliphatic heterocycles. The molecule has 0 saturated carbocycles. The Kier molecular flexibility index (Phi) is 3.93. The molecule has 2 aliphatic rings. The summed E-state index contributed by atoms with van der Waals surface area (Å²) in [5.74, 6) is 2.36. The summed E-state index contributed by atoms with van der Waals surface area (Å²) in [6.07, 6.45) is 2.16. The fourth-order valence-corrected chi connectivity index (χ4v) is 3.52. The van der Waals surface area contributed by atoms with Crippen LogP contribution in [0.3, 0.4) is 0 Å². The zero-order valence-electron chi connectivity index (χ0n) is 14.5. The van der Waals surface area contributed by atoms with Gasteiger partial charge in [-0.2, -0.15) is 0 Å². The third-order valence-electron chi connectivity index (χ3n) is 4.83. The minimum absolute atomic E-state index is 0.758. The second-order valence-corrected chi connectivity index (χ2v) is 6.67. The zero-order valence-corrected chi connectivity index (χ0v) is 14.5. The van der Waals surface area contributed by atoms with Gasteiger partial charge in [0.15, 0.2) is 5.82 Å². The fraction of sp³-hybridized carbons (Fsp3) is 0.333. The Labute approximate surface area is 144 Å². The topological polar surface area (TPSA) is 15.7 Å². The van der Waals surface area contributed by atoms with E-state index in [1.165, 1.54) is 28.3 Å². The van der Waals surface area contributed by atoms with Crippen molar-refractivity contribution in [2.45, 2.75) is 26.7 Å². The molecule has 0 saturated heterocycles. The van der Waals surface area contributed by atoms with Gasteiger partial charge < -0.3 is 14.5 Å². The molecule has 0 bridgehead atoms. The number of hydrogen-bond acceptors (Lipinski definition) is 3. The Morgan fingerprint density at radius 1 is 0.750 bits per heavy atom. The van der Waals surface area contributed by atoms with Crippen molar-refractivity contribution in [3.8, 4) is 0 Å². The highest BCUT2D eigenvalue weighted by atomic mass is 16.5. The van der Waals surface area contributed by atoms with E-state index in [0.717, 1.165) is 38.3 Å². The van der Waals surface area contributed by atoms with E-state index < -0.39 is 0 Å². The Balaban J connectivity index is 1.75. The van der Waals surface area contributed by atoms with E-state index in [9.17, 15) is 0 Å². The van der Waals surface area contributed by atoms with Gasteiger partial charge in [0.1, 0.15) is 12.4 Å². The van der Waals surface area contributed by atoms with Gasteiger partial charge in [0, 0.05) is 24.3 Å². The first-order valence-corrected chi connectivity index (χ1v) is 8.77. The van der Waals surface area contributed by atoms with Crippen LogP contribution in [0.25, 0.3) is 0 Å². The van der Waals surface area contributed by atoms with Crippen molar-refractivity contribution in [3.63, 3.8) is 0 Å². The van der Waals surface area contributed by atoms with Crippen LogP contribution in [0.5, 0.6) is 0 Å². The predicted octanol–water partition coefficient (Wildman–Crippen LogP) is 4.61. The van der Waals surface area contributed by atoms with Crippen LogP contribution in [-0.2, 0) is 4.74 Å².